The summed E-state index contributed by atoms with van der Waals surface area (Å²) in [5, 5.41) is 13.6. The van der Waals surface area contributed by atoms with Gasteiger partial charge in [0.15, 0.2) is 11.0 Å². The molecule has 0 spiro atoms. The number of carbonyl (C=O) groups excluding carboxylic acids is 1. The normalized spacial score (nSPS) is 16.1. The first-order valence-electron chi connectivity index (χ1n) is 5.76. The molecule has 1 aromatic heterocycles. The summed E-state index contributed by atoms with van der Waals surface area (Å²) in [6, 6.07) is 3.70. The molecule has 0 aliphatic heterocycles. The number of carbonyl (C=O) groups is 1. The summed E-state index contributed by atoms with van der Waals surface area (Å²) >= 11 is 5.60. The second-order valence-corrected chi connectivity index (χ2v) is 4.54. The molecule has 0 aromatic carbocycles. The van der Waals surface area contributed by atoms with E-state index in [0.717, 1.165) is 12.8 Å². The molecule has 6 heteroatoms. The third-order valence-corrected chi connectivity index (χ3v) is 3.01. The van der Waals surface area contributed by atoms with Gasteiger partial charge in [0, 0.05) is 6.04 Å². The van der Waals surface area contributed by atoms with Crippen molar-refractivity contribution in [3.05, 3.63) is 17.3 Å². The van der Waals surface area contributed by atoms with E-state index in [2.05, 4.69) is 20.8 Å². The predicted octanol–water partition coefficient (Wildman–Crippen LogP) is 1.60. The minimum Gasteiger partial charge on any atom is -0.308 e. The number of nitrogens with zero attached hydrogens (tertiary/aromatic N) is 2. The van der Waals surface area contributed by atoms with E-state index in [1.165, 1.54) is 12.8 Å². The van der Waals surface area contributed by atoms with E-state index in [9.17, 15) is 4.79 Å². The fourth-order valence-electron chi connectivity index (χ4n) is 1.94. The summed E-state index contributed by atoms with van der Waals surface area (Å²) in [6.45, 7) is 0.314. The van der Waals surface area contributed by atoms with Crippen molar-refractivity contribution < 1.29 is 4.79 Å². The molecule has 0 atom stereocenters. The number of aromatic nitrogens is 2. The van der Waals surface area contributed by atoms with E-state index in [1.807, 2.05) is 0 Å². The van der Waals surface area contributed by atoms with Crippen molar-refractivity contribution in [1.82, 2.24) is 15.5 Å². The van der Waals surface area contributed by atoms with Gasteiger partial charge in [0.1, 0.15) is 0 Å². The lowest BCUT2D eigenvalue weighted by Gasteiger charge is -2.11. The molecule has 1 heterocycles. The van der Waals surface area contributed by atoms with E-state index >= 15 is 0 Å². The molecule has 2 N–H and O–H groups in total. The molecule has 0 saturated heterocycles. The second kappa shape index (κ2) is 5.93. The van der Waals surface area contributed by atoms with Gasteiger partial charge in [-0.25, -0.2) is 0 Å². The molecule has 0 unspecified atom stereocenters. The van der Waals surface area contributed by atoms with Crippen molar-refractivity contribution in [2.75, 3.05) is 11.9 Å². The maximum Gasteiger partial charge on any atom is 0.239 e. The van der Waals surface area contributed by atoms with Crippen molar-refractivity contribution >= 4 is 23.3 Å². The minimum atomic E-state index is -0.103. The second-order valence-electron chi connectivity index (χ2n) is 4.15. The fourth-order valence-corrected chi connectivity index (χ4v) is 2.04. The Morgan fingerprint density at radius 3 is 2.76 bits per heavy atom. The van der Waals surface area contributed by atoms with Gasteiger partial charge in [-0.2, -0.15) is 0 Å². The number of amides is 1. The van der Waals surface area contributed by atoms with Crippen LogP contribution in [0.15, 0.2) is 12.1 Å². The molecular weight excluding hydrogens is 240 g/mol. The summed E-state index contributed by atoms with van der Waals surface area (Å²) in [6.07, 6.45) is 4.83. The number of hydrogen-bond donors (Lipinski definition) is 2. The van der Waals surface area contributed by atoms with E-state index in [-0.39, 0.29) is 5.91 Å². The lowest BCUT2D eigenvalue weighted by Crippen LogP contribution is -2.34. The molecule has 92 valence electrons. The molecule has 17 heavy (non-hydrogen) atoms. The zero-order chi connectivity index (χ0) is 12.1. The Hall–Kier alpha value is -1.20. The molecular formula is C11H15ClN4O. The van der Waals surface area contributed by atoms with Crippen LogP contribution in [0.2, 0.25) is 5.15 Å². The highest BCUT2D eigenvalue weighted by Gasteiger charge is 2.15. The largest absolute Gasteiger partial charge is 0.308 e. The number of nitrogens with one attached hydrogen (secondary N) is 2. The zero-order valence-electron chi connectivity index (χ0n) is 9.45. The van der Waals surface area contributed by atoms with Crippen LogP contribution in [0.4, 0.5) is 5.82 Å². The lowest BCUT2D eigenvalue weighted by molar-refractivity contribution is -0.115. The lowest BCUT2D eigenvalue weighted by atomic mass is 10.2. The molecule has 1 aliphatic carbocycles. The molecule has 1 fully saturated rings. The Morgan fingerprint density at radius 2 is 2.12 bits per heavy atom. The summed E-state index contributed by atoms with van der Waals surface area (Å²) < 4.78 is 0. The van der Waals surface area contributed by atoms with Crippen LogP contribution in [0.3, 0.4) is 0 Å². The van der Waals surface area contributed by atoms with Crippen molar-refractivity contribution in [3.63, 3.8) is 0 Å². The summed E-state index contributed by atoms with van der Waals surface area (Å²) in [7, 11) is 0. The van der Waals surface area contributed by atoms with Crippen LogP contribution in [0.5, 0.6) is 0 Å². The molecule has 0 bridgehead atoms. The van der Waals surface area contributed by atoms with Crippen LogP contribution in [0.25, 0.3) is 0 Å². The van der Waals surface area contributed by atoms with Gasteiger partial charge in [-0.15, -0.1) is 10.2 Å². The molecule has 1 aromatic rings. The number of halogens is 1. The molecule has 1 aliphatic rings. The van der Waals surface area contributed by atoms with Gasteiger partial charge in [0.2, 0.25) is 5.91 Å². The highest BCUT2D eigenvalue weighted by Crippen LogP contribution is 2.17. The summed E-state index contributed by atoms with van der Waals surface area (Å²) in [5.74, 6) is 0.321. The van der Waals surface area contributed by atoms with Crippen molar-refractivity contribution in [3.8, 4) is 0 Å². The number of rotatable bonds is 4. The number of anilines is 1. The van der Waals surface area contributed by atoms with Crippen molar-refractivity contribution in [2.45, 2.75) is 31.7 Å². The van der Waals surface area contributed by atoms with Crippen LogP contribution >= 0.6 is 11.6 Å². The van der Waals surface area contributed by atoms with Gasteiger partial charge < -0.3 is 10.6 Å². The molecule has 5 nitrogen and oxygen atoms in total. The van der Waals surface area contributed by atoms with E-state index < -0.39 is 0 Å². The third-order valence-electron chi connectivity index (χ3n) is 2.81. The standard InChI is InChI=1S/C11H15ClN4O/c12-9-5-6-10(16-15-9)14-11(17)7-13-8-3-1-2-4-8/h5-6,8,13H,1-4,7H2,(H,14,16,17). The predicted molar refractivity (Wildman–Crippen MR) is 65.9 cm³/mol. The van der Waals surface area contributed by atoms with E-state index in [1.54, 1.807) is 12.1 Å². The monoisotopic (exact) mass is 254 g/mol. The molecule has 1 amide bonds. The fraction of sp³-hybridized carbons (Fsp3) is 0.545. The topological polar surface area (TPSA) is 66.9 Å². The summed E-state index contributed by atoms with van der Waals surface area (Å²) in [5.41, 5.74) is 0. The first kappa shape index (κ1) is 12.3. The maximum absolute atomic E-state index is 11.6. The smallest absolute Gasteiger partial charge is 0.239 e. The van der Waals surface area contributed by atoms with Crippen molar-refractivity contribution in [1.29, 1.82) is 0 Å². The van der Waals surface area contributed by atoms with Gasteiger partial charge in [-0.05, 0) is 25.0 Å². The SMILES string of the molecule is O=C(CNC1CCCC1)Nc1ccc(Cl)nn1. The Labute approximate surface area is 105 Å². The van der Waals surface area contributed by atoms with Gasteiger partial charge in [-0.3, -0.25) is 4.79 Å². The van der Waals surface area contributed by atoms with Gasteiger partial charge >= 0.3 is 0 Å². The average molecular weight is 255 g/mol. The van der Waals surface area contributed by atoms with Crippen LogP contribution in [0, 0.1) is 0 Å². The van der Waals surface area contributed by atoms with Crippen molar-refractivity contribution in [2.24, 2.45) is 0 Å². The van der Waals surface area contributed by atoms with E-state index in [4.69, 9.17) is 11.6 Å². The minimum absolute atomic E-state index is 0.103. The van der Waals surface area contributed by atoms with Gasteiger partial charge in [0.05, 0.1) is 6.54 Å². The third kappa shape index (κ3) is 3.94. The van der Waals surface area contributed by atoms with Crippen LogP contribution in [0.1, 0.15) is 25.7 Å². The highest BCUT2D eigenvalue weighted by molar-refractivity contribution is 6.29. The Morgan fingerprint density at radius 1 is 1.35 bits per heavy atom. The maximum atomic E-state index is 11.6. The first-order valence-corrected chi connectivity index (χ1v) is 6.14. The quantitative estimate of drug-likeness (QED) is 0.857. The van der Waals surface area contributed by atoms with Crippen LogP contribution in [-0.4, -0.2) is 28.7 Å². The highest BCUT2D eigenvalue weighted by atomic mass is 35.5. The van der Waals surface area contributed by atoms with Crippen LogP contribution < -0.4 is 10.6 Å². The average Bonchev–Trinajstić information content (AvgIpc) is 2.83. The Bertz CT molecular complexity index is 376. The molecule has 1 saturated carbocycles. The summed E-state index contributed by atoms with van der Waals surface area (Å²) in [4.78, 5) is 11.6. The van der Waals surface area contributed by atoms with E-state index in [0.29, 0.717) is 23.6 Å². The first-order chi connectivity index (χ1) is 8.24. The zero-order valence-corrected chi connectivity index (χ0v) is 10.2. The Kier molecular flexibility index (Phi) is 4.28. The molecule has 2 rings (SSSR count). The Balaban J connectivity index is 1.74. The molecule has 0 radical (unpaired) electrons. The van der Waals surface area contributed by atoms with Gasteiger partial charge in [0.25, 0.3) is 0 Å². The number of hydrogen-bond acceptors (Lipinski definition) is 4. The van der Waals surface area contributed by atoms with Crippen LogP contribution in [-0.2, 0) is 4.79 Å². The van der Waals surface area contributed by atoms with Gasteiger partial charge in [-0.1, -0.05) is 24.4 Å².